The normalized spacial score (nSPS) is 9.62. The van der Waals surface area contributed by atoms with Gasteiger partial charge in [-0.3, -0.25) is 4.79 Å². The quantitative estimate of drug-likeness (QED) is 0.564. The van der Waals surface area contributed by atoms with Crippen LogP contribution in [0.1, 0.15) is 34.3 Å². The third kappa shape index (κ3) is 2.43. The van der Waals surface area contributed by atoms with Gasteiger partial charge in [0.15, 0.2) is 6.29 Å². The van der Waals surface area contributed by atoms with E-state index in [9.17, 15) is 9.59 Å². The summed E-state index contributed by atoms with van der Waals surface area (Å²) in [5, 5.41) is 0. The number of ether oxygens (including phenoxy) is 1. The molecule has 0 aliphatic heterocycles. The van der Waals surface area contributed by atoms with Crippen molar-refractivity contribution in [2.75, 3.05) is 6.61 Å². The van der Waals surface area contributed by atoms with Crippen LogP contribution in [-0.2, 0) is 4.74 Å². The number of carbonyl (C=O) groups is 2. The molecule has 0 aliphatic rings. The highest BCUT2D eigenvalue weighted by Crippen LogP contribution is 2.01. The van der Waals surface area contributed by atoms with Gasteiger partial charge in [0, 0.05) is 0 Å². The third-order valence-corrected chi connectivity index (χ3v) is 1.49. The largest absolute Gasteiger partial charge is 0.461 e. The Hall–Kier alpha value is -1.58. The Labute approximate surface area is 75.9 Å². The van der Waals surface area contributed by atoms with Crippen LogP contribution in [0.25, 0.3) is 0 Å². The fourth-order valence-corrected chi connectivity index (χ4v) is 0.872. The number of aromatic nitrogens is 1. The van der Waals surface area contributed by atoms with Gasteiger partial charge in [-0.1, -0.05) is 6.92 Å². The number of esters is 1. The molecule has 13 heavy (non-hydrogen) atoms. The Morgan fingerprint density at radius 1 is 1.62 bits per heavy atom. The van der Waals surface area contributed by atoms with Gasteiger partial charge < -0.3 is 9.72 Å². The second-order valence-corrected chi connectivity index (χ2v) is 2.58. The van der Waals surface area contributed by atoms with Crippen LogP contribution in [0.5, 0.6) is 0 Å². The van der Waals surface area contributed by atoms with Crippen LogP contribution in [0.2, 0.25) is 0 Å². The molecule has 0 spiro atoms. The number of aromatic amines is 1. The van der Waals surface area contributed by atoms with Gasteiger partial charge in [0.2, 0.25) is 0 Å². The highest BCUT2D eigenvalue weighted by atomic mass is 16.5. The van der Waals surface area contributed by atoms with Gasteiger partial charge in [-0.2, -0.15) is 0 Å². The van der Waals surface area contributed by atoms with Crippen LogP contribution >= 0.6 is 0 Å². The Bertz CT molecular complexity index is 304. The number of hydrogen-bond acceptors (Lipinski definition) is 3. The molecule has 0 aliphatic carbocycles. The molecule has 4 nitrogen and oxygen atoms in total. The second-order valence-electron chi connectivity index (χ2n) is 2.58. The zero-order chi connectivity index (χ0) is 9.68. The van der Waals surface area contributed by atoms with Crippen molar-refractivity contribution >= 4 is 12.3 Å². The van der Waals surface area contributed by atoms with E-state index >= 15 is 0 Å². The molecular formula is C9H11NO3. The molecule has 0 fully saturated rings. The van der Waals surface area contributed by atoms with Gasteiger partial charge in [0.25, 0.3) is 0 Å². The summed E-state index contributed by atoms with van der Waals surface area (Å²) in [5.41, 5.74) is 0.694. The number of H-pyrrole nitrogens is 1. The lowest BCUT2D eigenvalue weighted by molar-refractivity contribution is 0.0499. The summed E-state index contributed by atoms with van der Waals surface area (Å²) in [6, 6.07) is 3.07. The van der Waals surface area contributed by atoms with Crippen molar-refractivity contribution in [2.45, 2.75) is 13.3 Å². The molecule has 0 bridgehead atoms. The van der Waals surface area contributed by atoms with Crippen LogP contribution in [0.3, 0.4) is 0 Å². The van der Waals surface area contributed by atoms with Gasteiger partial charge in [0.1, 0.15) is 5.69 Å². The summed E-state index contributed by atoms with van der Waals surface area (Å²) in [6.45, 7) is 2.31. The number of carbonyl (C=O) groups excluding carboxylic acids is 2. The summed E-state index contributed by atoms with van der Waals surface area (Å²) in [4.78, 5) is 24.1. The van der Waals surface area contributed by atoms with E-state index in [1.807, 2.05) is 6.92 Å². The molecule has 0 amide bonds. The highest BCUT2D eigenvalue weighted by Gasteiger charge is 2.08. The smallest absolute Gasteiger partial charge is 0.354 e. The van der Waals surface area contributed by atoms with Gasteiger partial charge in [0.05, 0.1) is 12.3 Å². The van der Waals surface area contributed by atoms with Crippen molar-refractivity contribution in [1.82, 2.24) is 4.98 Å². The van der Waals surface area contributed by atoms with E-state index in [0.29, 0.717) is 24.3 Å². The van der Waals surface area contributed by atoms with E-state index in [2.05, 4.69) is 4.98 Å². The minimum atomic E-state index is -0.421. The Kier molecular flexibility index (Phi) is 3.25. The monoisotopic (exact) mass is 181 g/mol. The van der Waals surface area contributed by atoms with E-state index in [4.69, 9.17) is 4.74 Å². The minimum Gasteiger partial charge on any atom is -0.461 e. The SMILES string of the molecule is CCCOC(=O)c1ccc(C=O)[nH]1. The number of rotatable bonds is 4. The first-order chi connectivity index (χ1) is 6.27. The molecular weight excluding hydrogens is 170 g/mol. The molecule has 1 aromatic heterocycles. The Balaban J connectivity index is 2.60. The fraction of sp³-hybridized carbons (Fsp3) is 0.333. The van der Waals surface area contributed by atoms with Crippen LogP contribution in [0.15, 0.2) is 12.1 Å². The highest BCUT2D eigenvalue weighted by molar-refractivity contribution is 5.89. The first kappa shape index (κ1) is 9.51. The van der Waals surface area contributed by atoms with Crippen molar-refractivity contribution < 1.29 is 14.3 Å². The standard InChI is InChI=1S/C9H11NO3/c1-2-5-13-9(12)8-4-3-7(6-11)10-8/h3-4,6,10H,2,5H2,1H3. The van der Waals surface area contributed by atoms with Crippen LogP contribution in [-0.4, -0.2) is 23.8 Å². The zero-order valence-corrected chi connectivity index (χ0v) is 7.37. The maximum Gasteiger partial charge on any atom is 0.354 e. The molecule has 0 unspecified atom stereocenters. The van der Waals surface area contributed by atoms with Crippen molar-refractivity contribution in [3.8, 4) is 0 Å². The molecule has 1 aromatic rings. The number of aldehydes is 1. The third-order valence-electron chi connectivity index (χ3n) is 1.49. The first-order valence-corrected chi connectivity index (χ1v) is 4.09. The van der Waals surface area contributed by atoms with Crippen molar-refractivity contribution in [2.24, 2.45) is 0 Å². The Morgan fingerprint density at radius 3 is 2.92 bits per heavy atom. The lowest BCUT2D eigenvalue weighted by Gasteiger charge is -1.99. The van der Waals surface area contributed by atoms with Crippen LogP contribution in [0.4, 0.5) is 0 Å². The molecule has 0 aromatic carbocycles. The minimum absolute atomic E-state index is 0.315. The maximum absolute atomic E-state index is 11.2. The molecule has 1 heterocycles. The summed E-state index contributed by atoms with van der Waals surface area (Å²) < 4.78 is 4.85. The van der Waals surface area contributed by atoms with Crippen LogP contribution in [0, 0.1) is 0 Å². The average Bonchev–Trinajstić information content (AvgIpc) is 2.62. The van der Waals surface area contributed by atoms with E-state index in [1.54, 1.807) is 0 Å². The van der Waals surface area contributed by atoms with E-state index < -0.39 is 5.97 Å². The summed E-state index contributed by atoms with van der Waals surface area (Å²) >= 11 is 0. The second kappa shape index (κ2) is 4.45. The lowest BCUT2D eigenvalue weighted by atomic mass is 10.4. The fourth-order valence-electron chi connectivity index (χ4n) is 0.872. The topological polar surface area (TPSA) is 59.2 Å². The predicted molar refractivity (Wildman–Crippen MR) is 46.8 cm³/mol. The van der Waals surface area contributed by atoms with Gasteiger partial charge in [-0.25, -0.2) is 4.79 Å². The van der Waals surface area contributed by atoms with Crippen molar-refractivity contribution in [3.05, 3.63) is 23.5 Å². The predicted octanol–water partition coefficient (Wildman–Crippen LogP) is 1.39. The summed E-state index contributed by atoms with van der Waals surface area (Å²) in [7, 11) is 0. The van der Waals surface area contributed by atoms with Crippen molar-refractivity contribution in [1.29, 1.82) is 0 Å². The number of hydrogen-bond donors (Lipinski definition) is 1. The van der Waals surface area contributed by atoms with Gasteiger partial charge >= 0.3 is 5.97 Å². The van der Waals surface area contributed by atoms with Gasteiger partial charge in [-0.05, 0) is 18.6 Å². The van der Waals surface area contributed by atoms with E-state index in [-0.39, 0.29) is 0 Å². The molecule has 1 rings (SSSR count). The zero-order valence-electron chi connectivity index (χ0n) is 7.37. The molecule has 0 radical (unpaired) electrons. The molecule has 70 valence electrons. The van der Waals surface area contributed by atoms with E-state index in [0.717, 1.165) is 6.42 Å². The summed E-state index contributed by atoms with van der Waals surface area (Å²) in [5.74, 6) is -0.421. The van der Waals surface area contributed by atoms with Crippen molar-refractivity contribution in [3.63, 3.8) is 0 Å². The lowest BCUT2D eigenvalue weighted by Crippen LogP contribution is -2.06. The maximum atomic E-state index is 11.2. The molecule has 1 N–H and O–H groups in total. The Morgan fingerprint density at radius 2 is 2.38 bits per heavy atom. The molecule has 4 heteroatoms. The summed E-state index contributed by atoms with van der Waals surface area (Å²) in [6.07, 6.45) is 1.43. The molecule has 0 saturated carbocycles. The van der Waals surface area contributed by atoms with Crippen LogP contribution < -0.4 is 0 Å². The van der Waals surface area contributed by atoms with E-state index in [1.165, 1.54) is 12.1 Å². The van der Waals surface area contributed by atoms with Gasteiger partial charge in [-0.15, -0.1) is 0 Å². The molecule has 0 saturated heterocycles. The average molecular weight is 181 g/mol. The molecule has 0 atom stereocenters. The first-order valence-electron chi connectivity index (χ1n) is 4.09. The number of nitrogens with one attached hydrogen (secondary N) is 1.